The Morgan fingerprint density at radius 1 is 0.793 bits per heavy atom. The van der Waals surface area contributed by atoms with Crippen molar-refractivity contribution in [2.24, 2.45) is 11.8 Å². The van der Waals surface area contributed by atoms with Gasteiger partial charge >= 0.3 is 11.9 Å². The van der Waals surface area contributed by atoms with Crippen LogP contribution in [-0.4, -0.2) is 19.0 Å². The van der Waals surface area contributed by atoms with Gasteiger partial charge in [-0.1, -0.05) is 60.7 Å². The van der Waals surface area contributed by atoms with E-state index in [4.69, 9.17) is 13.9 Å². The zero-order chi connectivity index (χ0) is 20.2. The fraction of sp³-hybridized carbons (Fsp3) is 0.250. The lowest BCUT2D eigenvalue weighted by molar-refractivity contribution is -0.167. The van der Waals surface area contributed by atoms with Gasteiger partial charge in [-0.3, -0.25) is 9.59 Å². The summed E-state index contributed by atoms with van der Waals surface area (Å²) in [6.07, 6.45) is 1.54. The summed E-state index contributed by atoms with van der Waals surface area (Å²) < 4.78 is 15.9. The minimum Gasteiger partial charge on any atom is -0.469 e. The van der Waals surface area contributed by atoms with Crippen LogP contribution in [0.4, 0.5) is 0 Å². The van der Waals surface area contributed by atoms with Crippen molar-refractivity contribution in [1.29, 1.82) is 0 Å². The molecular formula is C24H22O5. The van der Waals surface area contributed by atoms with E-state index in [2.05, 4.69) is 0 Å². The maximum atomic E-state index is 13.1. The van der Waals surface area contributed by atoms with Crippen molar-refractivity contribution >= 4 is 11.9 Å². The number of carbonyl (C=O) groups excluding carboxylic acids is 2. The number of furan rings is 1. The first-order valence-corrected chi connectivity index (χ1v) is 9.57. The largest absolute Gasteiger partial charge is 0.469 e. The van der Waals surface area contributed by atoms with Crippen LogP contribution in [0.2, 0.25) is 0 Å². The summed E-state index contributed by atoms with van der Waals surface area (Å²) >= 11 is 0. The van der Waals surface area contributed by atoms with E-state index in [-0.39, 0.29) is 30.4 Å². The van der Waals surface area contributed by atoms with E-state index >= 15 is 0 Å². The molecule has 1 aliphatic carbocycles. The monoisotopic (exact) mass is 390 g/mol. The molecule has 5 heteroatoms. The van der Waals surface area contributed by atoms with Gasteiger partial charge in [0.15, 0.2) is 0 Å². The molecule has 1 saturated carbocycles. The van der Waals surface area contributed by atoms with E-state index in [1.165, 1.54) is 7.11 Å². The number of esters is 2. The maximum Gasteiger partial charge on any atom is 0.310 e. The molecule has 0 unspecified atom stereocenters. The highest BCUT2D eigenvalue weighted by atomic mass is 16.5. The van der Waals surface area contributed by atoms with Crippen molar-refractivity contribution in [3.63, 3.8) is 0 Å². The maximum absolute atomic E-state index is 13.1. The Kier molecular flexibility index (Phi) is 5.47. The smallest absolute Gasteiger partial charge is 0.310 e. The van der Waals surface area contributed by atoms with Gasteiger partial charge in [0.25, 0.3) is 0 Å². The van der Waals surface area contributed by atoms with Crippen LogP contribution in [0.3, 0.4) is 0 Å². The normalized spacial score (nSPS) is 23.1. The van der Waals surface area contributed by atoms with Crippen molar-refractivity contribution < 1.29 is 23.5 Å². The molecule has 2 aromatic carbocycles. The van der Waals surface area contributed by atoms with Gasteiger partial charge in [-0.15, -0.1) is 0 Å². The molecular weight excluding hydrogens is 368 g/mol. The van der Waals surface area contributed by atoms with Crippen LogP contribution in [0.15, 0.2) is 83.5 Å². The van der Waals surface area contributed by atoms with E-state index in [0.717, 1.165) is 11.1 Å². The van der Waals surface area contributed by atoms with Gasteiger partial charge in [0, 0.05) is 11.8 Å². The Bertz CT molecular complexity index is 902. The van der Waals surface area contributed by atoms with Crippen molar-refractivity contribution in [2.45, 2.75) is 18.4 Å². The number of hydrogen-bond acceptors (Lipinski definition) is 5. The molecule has 0 N–H and O–H groups in total. The molecule has 1 heterocycles. The molecule has 5 nitrogen and oxygen atoms in total. The second kappa shape index (κ2) is 8.35. The van der Waals surface area contributed by atoms with E-state index in [1.54, 1.807) is 18.4 Å². The van der Waals surface area contributed by atoms with Gasteiger partial charge in [-0.05, 0) is 23.3 Å². The molecule has 1 aromatic heterocycles. The third kappa shape index (κ3) is 3.68. The van der Waals surface area contributed by atoms with E-state index in [1.807, 2.05) is 60.7 Å². The Morgan fingerprint density at radius 3 is 1.83 bits per heavy atom. The van der Waals surface area contributed by atoms with Crippen molar-refractivity contribution in [3.8, 4) is 0 Å². The number of benzene rings is 2. The summed E-state index contributed by atoms with van der Waals surface area (Å²) in [6, 6.07) is 22.7. The predicted molar refractivity (Wildman–Crippen MR) is 106 cm³/mol. The summed E-state index contributed by atoms with van der Waals surface area (Å²) in [5.41, 5.74) is 1.85. The SMILES string of the molecule is COC(=O)C1[C@@H](c2ccccc2)C(C(=O)OCc2ccco2)[C@@H]1c1ccccc1. The second-order valence-electron chi connectivity index (χ2n) is 7.13. The second-order valence-corrected chi connectivity index (χ2v) is 7.13. The van der Waals surface area contributed by atoms with Crippen LogP contribution in [0.5, 0.6) is 0 Å². The van der Waals surface area contributed by atoms with Gasteiger partial charge < -0.3 is 13.9 Å². The summed E-state index contributed by atoms with van der Waals surface area (Å²) in [5.74, 6) is -1.64. The highest BCUT2D eigenvalue weighted by Gasteiger charge is 2.59. The molecule has 0 amide bonds. The van der Waals surface area contributed by atoms with Gasteiger partial charge in [-0.25, -0.2) is 0 Å². The zero-order valence-corrected chi connectivity index (χ0v) is 16.1. The Morgan fingerprint density at radius 2 is 1.34 bits per heavy atom. The molecule has 1 fully saturated rings. The lowest BCUT2D eigenvalue weighted by Gasteiger charge is -2.49. The minimum absolute atomic E-state index is 0.0637. The van der Waals surface area contributed by atoms with Gasteiger partial charge in [-0.2, -0.15) is 0 Å². The van der Waals surface area contributed by atoms with Crippen molar-refractivity contribution in [2.75, 3.05) is 7.11 Å². The average Bonchev–Trinajstić information content (AvgIpc) is 3.27. The third-order valence-electron chi connectivity index (χ3n) is 5.60. The van der Waals surface area contributed by atoms with Gasteiger partial charge in [0.1, 0.15) is 12.4 Å². The molecule has 0 saturated heterocycles. The van der Waals surface area contributed by atoms with Crippen LogP contribution in [0.25, 0.3) is 0 Å². The lowest BCUT2D eigenvalue weighted by atomic mass is 9.52. The number of methoxy groups -OCH3 is 1. The number of rotatable bonds is 6. The standard InChI is InChI=1S/C24H22O5/c1-27-23(25)21-19(16-9-4-2-5-10-16)22(20(21)17-11-6-3-7-12-17)24(26)29-15-18-13-8-14-28-18/h2-14,19-22H,15H2,1H3/t19-,20-,21?,22?/m1/s1. The summed E-state index contributed by atoms with van der Waals surface area (Å²) in [7, 11) is 1.38. The summed E-state index contributed by atoms with van der Waals surface area (Å²) in [4.78, 5) is 25.8. The topological polar surface area (TPSA) is 65.7 Å². The van der Waals surface area contributed by atoms with Crippen LogP contribution in [0.1, 0.15) is 28.7 Å². The Labute approximate surface area is 169 Å². The molecule has 148 valence electrons. The Hall–Kier alpha value is -3.34. The van der Waals surface area contributed by atoms with E-state index in [9.17, 15) is 9.59 Å². The molecule has 0 aliphatic heterocycles. The predicted octanol–water partition coefficient (Wildman–Crippen LogP) is 4.31. The first-order chi connectivity index (χ1) is 14.2. The fourth-order valence-corrected chi connectivity index (χ4v) is 4.28. The Balaban J connectivity index is 1.68. The van der Waals surface area contributed by atoms with E-state index in [0.29, 0.717) is 5.76 Å². The van der Waals surface area contributed by atoms with E-state index < -0.39 is 11.8 Å². The quantitative estimate of drug-likeness (QED) is 0.587. The molecule has 0 bridgehead atoms. The van der Waals surface area contributed by atoms with Crippen LogP contribution in [0, 0.1) is 11.8 Å². The highest BCUT2D eigenvalue weighted by molar-refractivity contribution is 5.85. The number of hydrogen-bond donors (Lipinski definition) is 0. The molecule has 2 atom stereocenters. The molecule has 0 spiro atoms. The van der Waals surface area contributed by atoms with Gasteiger partial charge in [0.2, 0.25) is 0 Å². The van der Waals surface area contributed by atoms with Crippen LogP contribution in [-0.2, 0) is 25.7 Å². The molecule has 1 aliphatic rings. The zero-order valence-electron chi connectivity index (χ0n) is 16.1. The average molecular weight is 390 g/mol. The number of ether oxygens (including phenoxy) is 2. The third-order valence-corrected chi connectivity index (χ3v) is 5.60. The minimum atomic E-state index is -0.487. The number of carbonyl (C=O) groups is 2. The first-order valence-electron chi connectivity index (χ1n) is 9.57. The van der Waals surface area contributed by atoms with Crippen LogP contribution >= 0.6 is 0 Å². The fourth-order valence-electron chi connectivity index (χ4n) is 4.28. The van der Waals surface area contributed by atoms with Crippen molar-refractivity contribution in [1.82, 2.24) is 0 Å². The van der Waals surface area contributed by atoms with Crippen molar-refractivity contribution in [3.05, 3.63) is 95.9 Å². The molecule has 4 rings (SSSR count). The molecule has 3 aromatic rings. The molecule has 29 heavy (non-hydrogen) atoms. The first kappa shape index (κ1) is 19.0. The van der Waals surface area contributed by atoms with Gasteiger partial charge in [0.05, 0.1) is 25.2 Å². The molecule has 0 radical (unpaired) electrons. The lowest BCUT2D eigenvalue weighted by Crippen LogP contribution is -2.51. The highest BCUT2D eigenvalue weighted by Crippen LogP contribution is 2.58. The summed E-state index contributed by atoms with van der Waals surface area (Å²) in [5, 5.41) is 0. The summed E-state index contributed by atoms with van der Waals surface area (Å²) in [6.45, 7) is 0.0637. The van der Waals surface area contributed by atoms with Crippen LogP contribution < -0.4 is 0 Å².